The number of carbonyl (C=O) groups is 1. The molecule has 0 radical (unpaired) electrons. The van der Waals surface area contributed by atoms with Gasteiger partial charge in [-0.05, 0) is 49.7 Å². The largest absolute Gasteiger partial charge is 0.481 e. The molecule has 3 rings (SSSR count). The highest BCUT2D eigenvalue weighted by molar-refractivity contribution is 5.81. The van der Waals surface area contributed by atoms with Crippen LogP contribution in [0.5, 0.6) is 0 Å². The molecule has 2 aliphatic rings. The molecule has 0 unspecified atom stereocenters. The third kappa shape index (κ3) is 2.04. The van der Waals surface area contributed by atoms with Crippen molar-refractivity contribution in [1.29, 1.82) is 0 Å². The van der Waals surface area contributed by atoms with Crippen molar-refractivity contribution in [3.8, 4) is 0 Å². The second kappa shape index (κ2) is 5.19. The van der Waals surface area contributed by atoms with Gasteiger partial charge >= 0.3 is 5.97 Å². The summed E-state index contributed by atoms with van der Waals surface area (Å²) >= 11 is 0. The number of fused-ring (bicyclic) bond motifs is 1. The molecule has 1 N–H and O–H groups in total. The zero-order chi connectivity index (χ0) is 14.2. The number of carboxylic acid groups (broad SMARTS) is 1. The van der Waals surface area contributed by atoms with E-state index in [0.29, 0.717) is 18.4 Å². The Kier molecular flexibility index (Phi) is 3.53. The molecular formula is C17H21FO2. The van der Waals surface area contributed by atoms with E-state index in [-0.39, 0.29) is 5.82 Å². The molecular weight excluding hydrogens is 255 g/mol. The fourth-order valence-corrected chi connectivity index (χ4v) is 3.91. The second-order valence-electron chi connectivity index (χ2n) is 6.22. The van der Waals surface area contributed by atoms with Crippen molar-refractivity contribution in [2.45, 2.75) is 63.2 Å². The zero-order valence-corrected chi connectivity index (χ0v) is 11.8. The Hall–Kier alpha value is -1.38. The fraction of sp³-hybridized carbons (Fsp3) is 0.588. The summed E-state index contributed by atoms with van der Waals surface area (Å²) in [5, 5.41) is 9.70. The molecule has 0 bridgehead atoms. The maximum Gasteiger partial charge on any atom is 0.314 e. The quantitative estimate of drug-likeness (QED) is 0.886. The number of aryl methyl sites for hydroxylation is 1. The number of benzene rings is 1. The van der Waals surface area contributed by atoms with Gasteiger partial charge in [-0.2, -0.15) is 0 Å². The van der Waals surface area contributed by atoms with Gasteiger partial charge in [0.25, 0.3) is 0 Å². The van der Waals surface area contributed by atoms with Crippen molar-refractivity contribution < 1.29 is 14.3 Å². The monoisotopic (exact) mass is 276 g/mol. The summed E-state index contributed by atoms with van der Waals surface area (Å²) in [7, 11) is 0. The number of halogens is 1. The van der Waals surface area contributed by atoms with Gasteiger partial charge in [0.1, 0.15) is 5.82 Å². The average molecular weight is 276 g/mol. The molecule has 1 fully saturated rings. The summed E-state index contributed by atoms with van der Waals surface area (Å²) in [6, 6.07) is 3.71. The van der Waals surface area contributed by atoms with Crippen molar-refractivity contribution >= 4 is 5.97 Å². The Labute approximate surface area is 119 Å². The molecule has 3 heteroatoms. The summed E-state index contributed by atoms with van der Waals surface area (Å²) in [6.45, 7) is 0. The van der Waals surface area contributed by atoms with Crippen LogP contribution >= 0.6 is 0 Å². The number of aliphatic carboxylic acids is 1. The molecule has 1 saturated carbocycles. The van der Waals surface area contributed by atoms with Crippen LogP contribution in [0.1, 0.15) is 61.6 Å². The molecule has 2 nitrogen and oxygen atoms in total. The van der Waals surface area contributed by atoms with E-state index in [1.54, 1.807) is 6.07 Å². The van der Waals surface area contributed by atoms with Crippen molar-refractivity contribution in [2.24, 2.45) is 0 Å². The van der Waals surface area contributed by atoms with Gasteiger partial charge in [-0.1, -0.05) is 31.4 Å². The minimum absolute atomic E-state index is 0.230. The van der Waals surface area contributed by atoms with E-state index < -0.39 is 11.4 Å². The molecule has 0 atom stereocenters. The number of carboxylic acids is 1. The molecule has 1 aromatic carbocycles. The highest BCUT2D eigenvalue weighted by atomic mass is 19.1. The van der Waals surface area contributed by atoms with Gasteiger partial charge in [-0.25, -0.2) is 4.39 Å². The molecule has 0 amide bonds. The van der Waals surface area contributed by atoms with E-state index in [2.05, 4.69) is 0 Å². The van der Waals surface area contributed by atoms with E-state index in [0.717, 1.165) is 56.1 Å². The fourth-order valence-electron chi connectivity index (χ4n) is 3.91. The summed E-state index contributed by atoms with van der Waals surface area (Å²) in [4.78, 5) is 11.8. The van der Waals surface area contributed by atoms with Crippen LogP contribution < -0.4 is 0 Å². The predicted molar refractivity (Wildman–Crippen MR) is 75.4 cm³/mol. The molecule has 2 aliphatic carbocycles. The van der Waals surface area contributed by atoms with Crippen LogP contribution in [0.25, 0.3) is 0 Å². The van der Waals surface area contributed by atoms with Crippen molar-refractivity contribution in [3.63, 3.8) is 0 Å². The minimum Gasteiger partial charge on any atom is -0.481 e. The number of hydrogen-bond acceptors (Lipinski definition) is 1. The predicted octanol–water partition coefficient (Wildman–Crippen LogP) is 3.99. The van der Waals surface area contributed by atoms with Crippen LogP contribution in [0.3, 0.4) is 0 Å². The molecule has 0 aliphatic heterocycles. The van der Waals surface area contributed by atoms with E-state index in [1.807, 2.05) is 6.07 Å². The van der Waals surface area contributed by atoms with Crippen LogP contribution in [0.2, 0.25) is 0 Å². The van der Waals surface area contributed by atoms with Gasteiger partial charge in [-0.3, -0.25) is 4.79 Å². The van der Waals surface area contributed by atoms with Gasteiger partial charge in [0, 0.05) is 5.56 Å². The van der Waals surface area contributed by atoms with Crippen LogP contribution in [0, 0.1) is 5.82 Å². The number of rotatable bonds is 2. The first-order valence-electron chi connectivity index (χ1n) is 7.69. The van der Waals surface area contributed by atoms with E-state index in [4.69, 9.17) is 0 Å². The Morgan fingerprint density at radius 2 is 1.75 bits per heavy atom. The molecule has 108 valence electrons. The lowest BCUT2D eigenvalue weighted by Gasteiger charge is -2.35. The first-order valence-corrected chi connectivity index (χ1v) is 7.69. The number of hydrogen-bond donors (Lipinski definition) is 1. The van der Waals surface area contributed by atoms with Gasteiger partial charge in [-0.15, -0.1) is 0 Å². The highest BCUT2D eigenvalue weighted by Crippen LogP contribution is 2.42. The van der Waals surface area contributed by atoms with E-state index >= 15 is 0 Å². The zero-order valence-electron chi connectivity index (χ0n) is 11.8. The van der Waals surface area contributed by atoms with Crippen LogP contribution in [0.15, 0.2) is 12.1 Å². The van der Waals surface area contributed by atoms with Crippen LogP contribution in [0.4, 0.5) is 4.39 Å². The Morgan fingerprint density at radius 3 is 2.45 bits per heavy atom. The molecule has 0 spiro atoms. The van der Waals surface area contributed by atoms with Crippen molar-refractivity contribution in [1.82, 2.24) is 0 Å². The Morgan fingerprint density at radius 1 is 1.05 bits per heavy atom. The lowest BCUT2D eigenvalue weighted by atomic mass is 9.68. The standard InChI is InChI=1S/C17H21FO2/c18-15-13-7-3-2-6-12(13)8-9-14(15)17(16(19)20)10-4-1-5-11-17/h8-9H,1-7,10-11H2,(H,19,20). The first kappa shape index (κ1) is 13.6. The Bertz CT molecular complexity index is 530. The average Bonchev–Trinajstić information content (AvgIpc) is 2.48. The summed E-state index contributed by atoms with van der Waals surface area (Å²) < 4.78 is 14.9. The molecule has 0 saturated heterocycles. The third-order valence-electron chi connectivity index (χ3n) is 5.10. The van der Waals surface area contributed by atoms with Crippen LogP contribution in [-0.2, 0) is 23.1 Å². The smallest absolute Gasteiger partial charge is 0.314 e. The topological polar surface area (TPSA) is 37.3 Å². The summed E-state index contributed by atoms with van der Waals surface area (Å²) in [5.41, 5.74) is 1.30. The molecule has 20 heavy (non-hydrogen) atoms. The molecule has 0 aromatic heterocycles. The van der Waals surface area contributed by atoms with Gasteiger partial charge in [0.2, 0.25) is 0 Å². The first-order chi connectivity index (χ1) is 9.65. The SMILES string of the molecule is O=C(O)C1(c2ccc3c(c2F)CCCC3)CCCCC1. The van der Waals surface area contributed by atoms with Gasteiger partial charge in [0.15, 0.2) is 0 Å². The second-order valence-corrected chi connectivity index (χ2v) is 6.22. The van der Waals surface area contributed by atoms with Crippen LogP contribution in [-0.4, -0.2) is 11.1 Å². The van der Waals surface area contributed by atoms with E-state index in [9.17, 15) is 14.3 Å². The minimum atomic E-state index is -0.991. The maximum atomic E-state index is 14.9. The highest BCUT2D eigenvalue weighted by Gasteiger charge is 2.43. The summed E-state index contributed by atoms with van der Waals surface area (Å²) in [6.07, 6.45) is 7.74. The van der Waals surface area contributed by atoms with E-state index in [1.165, 1.54) is 0 Å². The summed E-state index contributed by atoms with van der Waals surface area (Å²) in [5.74, 6) is -1.08. The van der Waals surface area contributed by atoms with Crippen molar-refractivity contribution in [3.05, 3.63) is 34.6 Å². The molecule has 1 aromatic rings. The lowest BCUT2D eigenvalue weighted by molar-refractivity contribution is -0.145. The van der Waals surface area contributed by atoms with Gasteiger partial charge < -0.3 is 5.11 Å². The Balaban J connectivity index is 2.10. The van der Waals surface area contributed by atoms with Crippen molar-refractivity contribution in [2.75, 3.05) is 0 Å². The molecule has 0 heterocycles. The third-order valence-corrected chi connectivity index (χ3v) is 5.10. The maximum absolute atomic E-state index is 14.9. The lowest BCUT2D eigenvalue weighted by Crippen LogP contribution is -2.39. The normalized spacial score (nSPS) is 21.2. The van der Waals surface area contributed by atoms with Gasteiger partial charge in [0.05, 0.1) is 5.41 Å².